The maximum atomic E-state index is 12.0. The van der Waals surface area contributed by atoms with Crippen molar-refractivity contribution in [2.24, 2.45) is 11.5 Å². The van der Waals surface area contributed by atoms with Crippen LogP contribution in [0.3, 0.4) is 0 Å². The van der Waals surface area contributed by atoms with Gasteiger partial charge in [-0.05, 0) is 18.5 Å². The number of nitrogens with zero attached hydrogens (tertiary/aromatic N) is 1. The van der Waals surface area contributed by atoms with Crippen LogP contribution in [-0.2, 0) is 16.8 Å². The predicted octanol–water partition coefficient (Wildman–Crippen LogP) is -0.567. The summed E-state index contributed by atoms with van der Waals surface area (Å²) in [5.41, 5.74) is 12.7. The number of aromatic nitrogens is 2. The number of nitrogens with two attached hydrogens (primary N) is 2. The number of hydrogen-bond acceptors (Lipinski definition) is 5. The summed E-state index contributed by atoms with van der Waals surface area (Å²) in [7, 11) is -4.67. The highest BCUT2D eigenvalue weighted by Crippen LogP contribution is 2.19. The van der Waals surface area contributed by atoms with Crippen molar-refractivity contribution in [1.29, 1.82) is 5.41 Å². The summed E-state index contributed by atoms with van der Waals surface area (Å²) >= 11 is 0. The number of H-pyrrole nitrogens is 1. The first kappa shape index (κ1) is 18.6. The van der Waals surface area contributed by atoms with E-state index in [1.165, 1.54) is 0 Å². The zero-order chi connectivity index (χ0) is 17.6. The zero-order valence-electron chi connectivity index (χ0n) is 11.9. The maximum absolute atomic E-state index is 12.0. The number of nitrogen functional groups attached to an aromatic ring is 1. The molecule has 1 heterocycles. The molecule has 0 unspecified atom stereocenters. The maximum Gasteiger partial charge on any atom is 0.394 e. The summed E-state index contributed by atoms with van der Waals surface area (Å²) in [6.07, 6.45) is 0.444. The van der Waals surface area contributed by atoms with Crippen molar-refractivity contribution < 1.29 is 17.5 Å². The molecule has 0 aliphatic carbocycles. The van der Waals surface area contributed by atoms with E-state index in [0.29, 0.717) is 24.2 Å². The normalized spacial score (nSPS) is 10.7. The number of rotatable bonds is 3. The summed E-state index contributed by atoms with van der Waals surface area (Å²) < 4.78 is 32.6. The Morgan fingerprint density at radius 1 is 1.26 bits per heavy atom. The molecule has 0 aliphatic rings. The van der Waals surface area contributed by atoms with Crippen molar-refractivity contribution in [3.8, 4) is 11.3 Å². The van der Waals surface area contributed by atoms with Crippen LogP contribution < -0.4 is 17.0 Å². The van der Waals surface area contributed by atoms with Crippen LogP contribution in [0.15, 0.2) is 35.1 Å². The Labute approximate surface area is 131 Å². The number of aromatic amines is 1. The molecule has 8 N–H and O–H groups in total. The molecular formula is C12H17N5O5S. The van der Waals surface area contributed by atoms with E-state index in [0.717, 1.165) is 10.2 Å². The summed E-state index contributed by atoms with van der Waals surface area (Å²) in [4.78, 5) is 12.0. The number of benzene rings is 1. The van der Waals surface area contributed by atoms with Crippen molar-refractivity contribution in [1.82, 2.24) is 9.78 Å². The molecular weight excluding hydrogens is 326 g/mol. The molecule has 0 saturated heterocycles. The van der Waals surface area contributed by atoms with Crippen LogP contribution in [0, 0.1) is 5.41 Å². The third-order valence-corrected chi connectivity index (χ3v) is 2.68. The van der Waals surface area contributed by atoms with Crippen molar-refractivity contribution >= 4 is 16.4 Å². The molecule has 0 spiro atoms. The minimum atomic E-state index is -4.67. The molecule has 0 bridgehead atoms. The van der Waals surface area contributed by atoms with Crippen LogP contribution in [0.5, 0.6) is 0 Å². The Balaban J connectivity index is 0.000000463. The quantitative estimate of drug-likeness (QED) is 0.244. The van der Waals surface area contributed by atoms with Gasteiger partial charge in [-0.25, -0.2) is 0 Å². The first-order valence-electron chi connectivity index (χ1n) is 6.28. The van der Waals surface area contributed by atoms with E-state index in [4.69, 9.17) is 34.4 Å². The molecule has 1 aromatic carbocycles. The third-order valence-electron chi connectivity index (χ3n) is 2.68. The van der Waals surface area contributed by atoms with Gasteiger partial charge >= 0.3 is 10.4 Å². The highest BCUT2D eigenvalue weighted by Gasteiger charge is 2.15. The van der Waals surface area contributed by atoms with E-state index >= 15 is 0 Å². The summed E-state index contributed by atoms with van der Waals surface area (Å²) in [5, 5.41) is 10.2. The molecule has 0 saturated carbocycles. The SMILES string of the molecule is N=C(N)n1[nH]c(-c2ccccc2)c(CCN)c1=O.O=S(=O)(O)O. The van der Waals surface area contributed by atoms with E-state index < -0.39 is 10.4 Å². The van der Waals surface area contributed by atoms with Crippen LogP contribution in [0.1, 0.15) is 5.56 Å². The summed E-state index contributed by atoms with van der Waals surface area (Å²) in [6.45, 7) is 0.366. The standard InChI is InChI=1S/C12H15N5O.H2O4S/c13-7-6-9-10(8-4-2-1-3-5-8)16-17(11(9)18)12(14)15;1-5(2,3)4/h1-5,16H,6-7,13H2,(H3,14,15);(H2,1,2,3,4). The molecule has 11 heteroatoms. The number of hydrogen-bond donors (Lipinski definition) is 6. The molecule has 0 aliphatic heterocycles. The average molecular weight is 343 g/mol. The molecule has 0 fully saturated rings. The molecule has 0 amide bonds. The third kappa shape index (κ3) is 5.67. The van der Waals surface area contributed by atoms with Crippen molar-refractivity contribution in [3.63, 3.8) is 0 Å². The van der Waals surface area contributed by atoms with E-state index in [1.807, 2.05) is 30.3 Å². The Morgan fingerprint density at radius 3 is 2.22 bits per heavy atom. The first-order chi connectivity index (χ1) is 10.6. The Kier molecular flexibility index (Phi) is 6.21. The molecule has 2 aromatic rings. The van der Waals surface area contributed by atoms with Gasteiger partial charge in [0.15, 0.2) is 0 Å². The van der Waals surface area contributed by atoms with Crippen LogP contribution in [0.4, 0.5) is 0 Å². The predicted molar refractivity (Wildman–Crippen MR) is 84.7 cm³/mol. The Morgan fingerprint density at radius 2 is 1.78 bits per heavy atom. The van der Waals surface area contributed by atoms with Gasteiger partial charge < -0.3 is 11.5 Å². The van der Waals surface area contributed by atoms with E-state index in [1.54, 1.807) is 0 Å². The van der Waals surface area contributed by atoms with Crippen LogP contribution in [-0.4, -0.2) is 39.8 Å². The van der Waals surface area contributed by atoms with Crippen LogP contribution in [0.2, 0.25) is 0 Å². The number of nitrogens with one attached hydrogen (secondary N) is 2. The fourth-order valence-corrected chi connectivity index (χ4v) is 1.86. The summed E-state index contributed by atoms with van der Waals surface area (Å²) in [6, 6.07) is 9.42. The highest BCUT2D eigenvalue weighted by atomic mass is 32.3. The lowest BCUT2D eigenvalue weighted by Crippen LogP contribution is -2.32. The molecule has 0 atom stereocenters. The molecule has 2 rings (SSSR count). The van der Waals surface area contributed by atoms with Gasteiger partial charge in [0.25, 0.3) is 5.56 Å². The van der Waals surface area contributed by atoms with Crippen molar-refractivity contribution in [2.75, 3.05) is 6.54 Å². The van der Waals surface area contributed by atoms with Gasteiger partial charge in [-0.2, -0.15) is 13.1 Å². The molecule has 126 valence electrons. The Bertz CT molecular complexity index is 817. The van der Waals surface area contributed by atoms with Crippen molar-refractivity contribution in [2.45, 2.75) is 6.42 Å². The van der Waals surface area contributed by atoms with E-state index in [-0.39, 0.29) is 11.5 Å². The van der Waals surface area contributed by atoms with E-state index in [2.05, 4.69) is 5.10 Å². The largest absolute Gasteiger partial charge is 0.394 e. The second kappa shape index (κ2) is 7.69. The monoisotopic (exact) mass is 343 g/mol. The molecule has 10 nitrogen and oxygen atoms in total. The molecule has 1 aromatic heterocycles. The minimum Gasteiger partial charge on any atom is -0.368 e. The topological polar surface area (TPSA) is 188 Å². The lowest BCUT2D eigenvalue weighted by atomic mass is 10.1. The van der Waals surface area contributed by atoms with Gasteiger partial charge in [0.2, 0.25) is 5.96 Å². The average Bonchev–Trinajstić information content (AvgIpc) is 2.76. The van der Waals surface area contributed by atoms with Gasteiger partial charge in [-0.3, -0.25) is 24.4 Å². The van der Waals surface area contributed by atoms with Gasteiger partial charge in [0.1, 0.15) is 0 Å². The first-order valence-corrected chi connectivity index (χ1v) is 7.68. The smallest absolute Gasteiger partial charge is 0.368 e. The fraction of sp³-hybridized carbons (Fsp3) is 0.167. The van der Waals surface area contributed by atoms with Crippen molar-refractivity contribution in [3.05, 3.63) is 46.2 Å². The lowest BCUT2D eigenvalue weighted by molar-refractivity contribution is 0.381. The second-order valence-electron chi connectivity index (χ2n) is 4.34. The van der Waals surface area contributed by atoms with Gasteiger partial charge in [0.05, 0.1) is 5.69 Å². The van der Waals surface area contributed by atoms with Gasteiger partial charge in [0, 0.05) is 5.56 Å². The lowest BCUT2D eigenvalue weighted by Gasteiger charge is -2.00. The second-order valence-corrected chi connectivity index (χ2v) is 5.24. The van der Waals surface area contributed by atoms with Crippen LogP contribution >= 0.6 is 0 Å². The Hall–Kier alpha value is -2.47. The highest BCUT2D eigenvalue weighted by molar-refractivity contribution is 7.79. The molecule has 0 radical (unpaired) electrons. The van der Waals surface area contributed by atoms with Crippen LogP contribution in [0.25, 0.3) is 11.3 Å². The zero-order valence-corrected chi connectivity index (χ0v) is 12.7. The minimum absolute atomic E-state index is 0.313. The summed E-state index contributed by atoms with van der Waals surface area (Å²) in [5.74, 6) is -0.333. The van der Waals surface area contributed by atoms with E-state index in [9.17, 15) is 4.79 Å². The fourth-order valence-electron chi connectivity index (χ4n) is 1.86. The molecule has 23 heavy (non-hydrogen) atoms. The van der Waals surface area contributed by atoms with Gasteiger partial charge in [-0.1, -0.05) is 30.3 Å². The van der Waals surface area contributed by atoms with Gasteiger partial charge in [-0.15, -0.1) is 0 Å².